The molecule has 0 spiro atoms. The number of ether oxygens (including phenoxy) is 3. The van der Waals surface area contributed by atoms with E-state index >= 15 is 0 Å². The van der Waals surface area contributed by atoms with Crippen LogP contribution in [-0.4, -0.2) is 48.8 Å². The number of carbonyl (C=O) groups excluding carboxylic acids is 1. The molecule has 1 fully saturated rings. The minimum absolute atomic E-state index is 0.0154. The summed E-state index contributed by atoms with van der Waals surface area (Å²) >= 11 is 12.8. The SMILES string of the molecule is C=C/C(Cl)=C(C[C@H](OC(=O)CNS(=O)(=O)Cc1ccc(NS(C)(=O)=O)cc1)c1ccc(OC(F)F)c(OCC2CC2)c1)\C(Cl)=C/C. The Morgan fingerprint density at radius 3 is 2.33 bits per heavy atom. The van der Waals surface area contributed by atoms with Crippen LogP contribution in [0.15, 0.2) is 76.8 Å². The summed E-state index contributed by atoms with van der Waals surface area (Å²) in [6.07, 6.45) is 4.60. The third kappa shape index (κ3) is 12.6. The van der Waals surface area contributed by atoms with E-state index in [1.807, 2.05) is 0 Å². The van der Waals surface area contributed by atoms with Gasteiger partial charge in [-0.3, -0.25) is 9.52 Å². The molecule has 2 aromatic carbocycles. The first kappa shape index (κ1) is 37.3. The van der Waals surface area contributed by atoms with Crippen LogP contribution < -0.4 is 18.9 Å². The van der Waals surface area contributed by atoms with Crippen molar-refractivity contribution in [1.29, 1.82) is 0 Å². The number of allylic oxidation sites excluding steroid dienone is 4. The highest BCUT2D eigenvalue weighted by Crippen LogP contribution is 2.39. The normalized spacial score (nSPS) is 15.2. The molecule has 252 valence electrons. The molecule has 2 aromatic rings. The maximum absolute atomic E-state index is 13.1. The van der Waals surface area contributed by atoms with Crippen molar-refractivity contribution >= 4 is 54.9 Å². The summed E-state index contributed by atoms with van der Waals surface area (Å²) in [6.45, 7) is 1.76. The van der Waals surface area contributed by atoms with E-state index in [-0.39, 0.29) is 40.3 Å². The van der Waals surface area contributed by atoms with Crippen LogP contribution in [0.1, 0.15) is 43.4 Å². The fraction of sp³-hybridized carbons (Fsp3) is 0.367. The molecule has 0 saturated heterocycles. The van der Waals surface area contributed by atoms with Crippen LogP contribution in [0, 0.1) is 5.92 Å². The van der Waals surface area contributed by atoms with Crippen molar-refractivity contribution in [3.63, 3.8) is 0 Å². The Labute approximate surface area is 277 Å². The summed E-state index contributed by atoms with van der Waals surface area (Å²) in [5, 5.41) is 0.415. The Bertz CT molecular complexity index is 1680. The van der Waals surface area contributed by atoms with Gasteiger partial charge in [0.15, 0.2) is 11.5 Å². The van der Waals surface area contributed by atoms with Crippen LogP contribution in [0.4, 0.5) is 14.5 Å². The topological polar surface area (TPSA) is 137 Å². The molecule has 0 aromatic heterocycles. The average Bonchev–Trinajstić information content (AvgIpc) is 3.81. The molecule has 16 heteroatoms. The molecule has 0 amide bonds. The van der Waals surface area contributed by atoms with E-state index in [9.17, 15) is 30.4 Å². The lowest BCUT2D eigenvalue weighted by atomic mass is 9.99. The molecule has 10 nitrogen and oxygen atoms in total. The summed E-state index contributed by atoms with van der Waals surface area (Å²) in [6, 6.07) is 9.74. The monoisotopic (exact) mass is 722 g/mol. The lowest BCUT2D eigenvalue weighted by molar-refractivity contribution is -0.147. The zero-order valence-electron chi connectivity index (χ0n) is 25.0. The molecule has 0 aliphatic heterocycles. The molecule has 0 unspecified atom stereocenters. The van der Waals surface area contributed by atoms with Crippen LogP contribution in [0.25, 0.3) is 0 Å². The molecule has 1 aliphatic rings. The summed E-state index contributed by atoms with van der Waals surface area (Å²) in [7, 11) is -7.55. The van der Waals surface area contributed by atoms with Crippen LogP contribution in [0.5, 0.6) is 11.5 Å². The fourth-order valence-electron chi connectivity index (χ4n) is 4.07. The number of sulfonamides is 2. The van der Waals surface area contributed by atoms with Gasteiger partial charge in [0.25, 0.3) is 0 Å². The van der Waals surface area contributed by atoms with E-state index in [1.165, 1.54) is 48.5 Å². The van der Waals surface area contributed by atoms with Crippen molar-refractivity contribution in [2.75, 3.05) is 24.1 Å². The number of rotatable bonds is 18. The van der Waals surface area contributed by atoms with E-state index in [0.717, 1.165) is 19.1 Å². The molecule has 0 radical (unpaired) electrons. The number of halogens is 4. The van der Waals surface area contributed by atoms with Crippen LogP contribution in [0.2, 0.25) is 0 Å². The standard InChI is InChI=1S/C30H34Cl2F2N2O8S2/c1-4-24(31)23(25(32)5-2)15-27(21-10-13-26(44-30(33)34)28(14-21)42-17-19-6-7-19)43-29(37)16-35-46(40,41)18-20-8-11-22(12-9-20)36-45(3,38)39/h4-5,8-14,19,27,30,35-36H,1,6-7,15-18H2,2-3H3/b24-23+,25-5+/t27-/m0/s1. The molecule has 1 atom stereocenters. The summed E-state index contributed by atoms with van der Waals surface area (Å²) in [4.78, 5) is 13.0. The van der Waals surface area contributed by atoms with E-state index in [0.29, 0.717) is 22.6 Å². The maximum Gasteiger partial charge on any atom is 0.387 e. The highest BCUT2D eigenvalue weighted by atomic mass is 35.5. The highest BCUT2D eigenvalue weighted by molar-refractivity contribution is 7.92. The zero-order valence-corrected chi connectivity index (χ0v) is 28.1. The summed E-state index contributed by atoms with van der Waals surface area (Å²) < 4.78 is 94.9. The van der Waals surface area contributed by atoms with Crippen molar-refractivity contribution in [3.05, 3.63) is 88.0 Å². The lowest BCUT2D eigenvalue weighted by Gasteiger charge is -2.22. The predicted molar refractivity (Wildman–Crippen MR) is 173 cm³/mol. The van der Waals surface area contributed by atoms with E-state index in [4.69, 9.17) is 32.7 Å². The Kier molecular flexibility index (Phi) is 13.5. The molecule has 1 saturated carbocycles. The first-order chi connectivity index (χ1) is 21.6. The van der Waals surface area contributed by atoms with Gasteiger partial charge in [-0.1, -0.05) is 60.1 Å². The Morgan fingerprint density at radius 2 is 1.76 bits per heavy atom. The van der Waals surface area contributed by atoms with E-state index in [2.05, 4.69) is 20.8 Å². The van der Waals surface area contributed by atoms with Crippen LogP contribution in [0.3, 0.4) is 0 Å². The number of nitrogens with one attached hydrogen (secondary N) is 2. The van der Waals surface area contributed by atoms with Gasteiger partial charge in [0.05, 0.1) is 18.6 Å². The van der Waals surface area contributed by atoms with Crippen molar-refractivity contribution < 1.29 is 44.6 Å². The highest BCUT2D eigenvalue weighted by Gasteiger charge is 2.26. The zero-order chi connectivity index (χ0) is 34.1. The van der Waals surface area contributed by atoms with Crippen molar-refractivity contribution in [2.45, 2.75) is 44.7 Å². The first-order valence-corrected chi connectivity index (χ1v) is 18.2. The number of benzene rings is 2. The molecular weight excluding hydrogens is 689 g/mol. The molecular formula is C30H34Cl2F2N2O8S2. The van der Waals surface area contributed by atoms with Gasteiger partial charge in [0.1, 0.15) is 12.6 Å². The first-order valence-electron chi connectivity index (χ1n) is 13.9. The number of esters is 1. The van der Waals surface area contributed by atoms with Crippen molar-refractivity contribution in [2.24, 2.45) is 5.92 Å². The van der Waals surface area contributed by atoms with Gasteiger partial charge in [-0.15, -0.1) is 0 Å². The minimum Gasteiger partial charge on any atom is -0.489 e. The second-order valence-corrected chi connectivity index (χ2v) is 14.7. The van der Waals surface area contributed by atoms with Crippen molar-refractivity contribution in [1.82, 2.24) is 4.72 Å². The summed E-state index contributed by atoms with van der Waals surface area (Å²) in [5.74, 6) is -1.36. The van der Waals surface area contributed by atoms with E-state index < -0.39 is 51.0 Å². The maximum atomic E-state index is 13.1. The van der Waals surface area contributed by atoms with Gasteiger partial charge >= 0.3 is 12.6 Å². The van der Waals surface area contributed by atoms with E-state index in [1.54, 1.807) is 13.0 Å². The number of carbonyl (C=O) groups is 1. The Hall–Kier alpha value is -3.17. The minimum atomic E-state index is -4.04. The quantitative estimate of drug-likeness (QED) is 0.134. The van der Waals surface area contributed by atoms with Gasteiger partial charge < -0.3 is 14.2 Å². The van der Waals surface area contributed by atoms with Crippen LogP contribution >= 0.6 is 23.2 Å². The third-order valence-corrected chi connectivity index (χ3v) is 9.18. The number of alkyl halides is 2. The second-order valence-electron chi connectivity index (χ2n) is 10.3. The van der Waals surface area contributed by atoms with Crippen molar-refractivity contribution in [3.8, 4) is 11.5 Å². The molecule has 0 bridgehead atoms. The van der Waals surface area contributed by atoms with Gasteiger partial charge in [-0.2, -0.15) is 8.78 Å². The molecule has 3 rings (SSSR count). The molecule has 2 N–H and O–H groups in total. The lowest BCUT2D eigenvalue weighted by Crippen LogP contribution is -2.32. The predicted octanol–water partition coefficient (Wildman–Crippen LogP) is 6.36. The van der Waals surface area contributed by atoms with Gasteiger partial charge in [0, 0.05) is 22.2 Å². The Balaban J connectivity index is 1.81. The van der Waals surface area contributed by atoms with Gasteiger partial charge in [-0.25, -0.2) is 21.6 Å². The average molecular weight is 724 g/mol. The largest absolute Gasteiger partial charge is 0.489 e. The fourth-order valence-corrected chi connectivity index (χ4v) is 6.11. The summed E-state index contributed by atoms with van der Waals surface area (Å²) in [5.41, 5.74) is 1.26. The van der Waals surface area contributed by atoms with Gasteiger partial charge in [0.2, 0.25) is 20.0 Å². The van der Waals surface area contributed by atoms with Gasteiger partial charge in [-0.05, 0) is 66.6 Å². The molecule has 46 heavy (non-hydrogen) atoms. The number of hydrogen-bond acceptors (Lipinski definition) is 8. The third-order valence-electron chi connectivity index (χ3n) is 6.45. The molecule has 0 heterocycles. The van der Waals surface area contributed by atoms with Crippen LogP contribution in [-0.2, 0) is 35.3 Å². The smallest absolute Gasteiger partial charge is 0.387 e. The molecule has 1 aliphatic carbocycles. The Morgan fingerprint density at radius 1 is 1.09 bits per heavy atom. The second kappa shape index (κ2) is 16.6. The number of anilines is 1. The number of hydrogen-bond donors (Lipinski definition) is 2.